The van der Waals surface area contributed by atoms with Crippen LogP contribution in [-0.2, 0) is 16.6 Å². The summed E-state index contributed by atoms with van der Waals surface area (Å²) >= 11 is 0. The van der Waals surface area contributed by atoms with Gasteiger partial charge in [0.05, 0.1) is 13.7 Å². The lowest BCUT2D eigenvalue weighted by Crippen LogP contribution is -2.48. The molecule has 7 heteroatoms. The van der Waals surface area contributed by atoms with Gasteiger partial charge in [-0.2, -0.15) is 4.31 Å². The Bertz CT molecular complexity index is 581. The van der Waals surface area contributed by atoms with Crippen molar-refractivity contribution < 1.29 is 18.3 Å². The first-order valence-corrected chi connectivity index (χ1v) is 8.47. The van der Waals surface area contributed by atoms with E-state index in [9.17, 15) is 8.42 Å². The maximum atomic E-state index is 12.7. The van der Waals surface area contributed by atoms with E-state index in [1.807, 2.05) is 0 Å². The van der Waals surface area contributed by atoms with E-state index in [2.05, 4.69) is 11.8 Å². The third-order valence-electron chi connectivity index (χ3n) is 3.81. The highest BCUT2D eigenvalue weighted by molar-refractivity contribution is 7.89. The van der Waals surface area contributed by atoms with E-state index < -0.39 is 10.0 Å². The van der Waals surface area contributed by atoms with Gasteiger partial charge in [-0.05, 0) is 24.2 Å². The average Bonchev–Trinajstić information content (AvgIpc) is 2.54. The third kappa shape index (κ3) is 3.37. The van der Waals surface area contributed by atoms with Crippen LogP contribution < -0.4 is 4.74 Å². The number of likely N-dealkylation sites (N-methyl/N-ethyl adjacent to an activating group) is 1. The second kappa shape index (κ2) is 6.74. The molecule has 0 atom stereocenters. The van der Waals surface area contributed by atoms with Crippen LogP contribution in [0, 0.1) is 0 Å². The number of hydrogen-bond acceptors (Lipinski definition) is 5. The van der Waals surface area contributed by atoms with Crippen molar-refractivity contribution in [2.45, 2.75) is 18.4 Å². The van der Waals surface area contributed by atoms with Gasteiger partial charge < -0.3 is 14.7 Å². The van der Waals surface area contributed by atoms with Crippen molar-refractivity contribution in [2.24, 2.45) is 0 Å². The summed E-state index contributed by atoms with van der Waals surface area (Å²) < 4.78 is 32.1. The molecule has 1 aliphatic heterocycles. The van der Waals surface area contributed by atoms with Gasteiger partial charge in [-0.1, -0.05) is 13.0 Å². The molecule has 1 fully saturated rings. The number of ether oxygens (including phenoxy) is 1. The first-order valence-electron chi connectivity index (χ1n) is 7.03. The standard InChI is InChI=1S/C14H22N2O4S/c1-3-15-6-8-16(9-7-15)21(18,19)14-5-4-12(11-17)10-13(14)20-2/h4-5,10,17H,3,6-9,11H2,1-2H3. The van der Waals surface area contributed by atoms with E-state index in [-0.39, 0.29) is 17.3 Å². The predicted octanol–water partition coefficient (Wildman–Crippen LogP) is 0.514. The number of methoxy groups -OCH3 is 1. The Morgan fingerprint density at radius 1 is 1.24 bits per heavy atom. The van der Waals surface area contributed by atoms with E-state index in [0.717, 1.165) is 19.6 Å². The van der Waals surface area contributed by atoms with Crippen molar-refractivity contribution >= 4 is 10.0 Å². The summed E-state index contributed by atoms with van der Waals surface area (Å²) in [5.74, 6) is 0.277. The molecular formula is C14H22N2O4S. The van der Waals surface area contributed by atoms with Crippen molar-refractivity contribution in [1.82, 2.24) is 9.21 Å². The van der Waals surface area contributed by atoms with Crippen LogP contribution in [0.4, 0.5) is 0 Å². The van der Waals surface area contributed by atoms with Gasteiger partial charge in [-0.3, -0.25) is 0 Å². The molecule has 1 aromatic rings. The van der Waals surface area contributed by atoms with Crippen molar-refractivity contribution in [1.29, 1.82) is 0 Å². The zero-order valence-electron chi connectivity index (χ0n) is 12.4. The lowest BCUT2D eigenvalue weighted by Gasteiger charge is -2.33. The van der Waals surface area contributed by atoms with Gasteiger partial charge in [0.1, 0.15) is 10.6 Å². The van der Waals surface area contributed by atoms with Gasteiger partial charge in [-0.15, -0.1) is 0 Å². The number of rotatable bonds is 5. The molecule has 1 aliphatic rings. The van der Waals surface area contributed by atoms with Crippen LogP contribution in [-0.4, -0.2) is 62.6 Å². The maximum absolute atomic E-state index is 12.7. The van der Waals surface area contributed by atoms with Crippen molar-refractivity contribution in [3.63, 3.8) is 0 Å². The van der Waals surface area contributed by atoms with E-state index in [1.165, 1.54) is 17.5 Å². The number of hydrogen-bond donors (Lipinski definition) is 1. The van der Waals surface area contributed by atoms with Crippen LogP contribution in [0.1, 0.15) is 12.5 Å². The topological polar surface area (TPSA) is 70.1 Å². The molecule has 0 saturated carbocycles. The fraction of sp³-hybridized carbons (Fsp3) is 0.571. The normalized spacial score (nSPS) is 17.9. The van der Waals surface area contributed by atoms with Gasteiger partial charge in [0.15, 0.2) is 0 Å². The zero-order valence-corrected chi connectivity index (χ0v) is 13.3. The van der Waals surface area contributed by atoms with Crippen LogP contribution in [0.5, 0.6) is 5.75 Å². The van der Waals surface area contributed by atoms with E-state index >= 15 is 0 Å². The minimum Gasteiger partial charge on any atom is -0.495 e. The van der Waals surface area contributed by atoms with E-state index in [0.29, 0.717) is 18.7 Å². The summed E-state index contributed by atoms with van der Waals surface area (Å²) in [6.45, 7) is 5.32. The molecule has 1 aromatic carbocycles. The van der Waals surface area contributed by atoms with E-state index in [4.69, 9.17) is 9.84 Å². The van der Waals surface area contributed by atoms with E-state index in [1.54, 1.807) is 12.1 Å². The Morgan fingerprint density at radius 3 is 2.43 bits per heavy atom. The Kier molecular flexibility index (Phi) is 5.21. The second-order valence-corrected chi connectivity index (χ2v) is 6.89. The Labute approximate surface area is 126 Å². The zero-order chi connectivity index (χ0) is 15.5. The number of nitrogens with zero attached hydrogens (tertiary/aromatic N) is 2. The SMILES string of the molecule is CCN1CCN(S(=O)(=O)c2ccc(CO)cc2OC)CC1. The number of aliphatic hydroxyl groups is 1. The Balaban J connectivity index is 2.27. The largest absolute Gasteiger partial charge is 0.495 e. The van der Waals surface area contributed by atoms with Crippen LogP contribution in [0.2, 0.25) is 0 Å². The van der Waals surface area contributed by atoms with Crippen LogP contribution >= 0.6 is 0 Å². The summed E-state index contributed by atoms with van der Waals surface area (Å²) in [6, 6.07) is 4.68. The Hall–Kier alpha value is -1.15. The molecular weight excluding hydrogens is 292 g/mol. The van der Waals surface area contributed by atoms with Crippen molar-refractivity contribution in [3.05, 3.63) is 23.8 Å². The minimum atomic E-state index is -3.56. The Morgan fingerprint density at radius 2 is 1.90 bits per heavy atom. The molecule has 0 spiro atoms. The summed E-state index contributed by atoms with van der Waals surface area (Å²) in [7, 11) is -2.13. The number of benzene rings is 1. The molecule has 118 valence electrons. The molecule has 0 aromatic heterocycles. The van der Waals surface area contributed by atoms with Gasteiger partial charge in [-0.25, -0.2) is 8.42 Å². The lowest BCUT2D eigenvalue weighted by molar-refractivity contribution is 0.196. The van der Waals surface area contributed by atoms with Gasteiger partial charge in [0.2, 0.25) is 10.0 Å². The molecule has 0 bridgehead atoms. The van der Waals surface area contributed by atoms with Gasteiger partial charge in [0, 0.05) is 26.2 Å². The predicted molar refractivity (Wildman–Crippen MR) is 79.8 cm³/mol. The first kappa shape index (κ1) is 16.2. The highest BCUT2D eigenvalue weighted by atomic mass is 32.2. The fourth-order valence-electron chi connectivity index (χ4n) is 2.45. The smallest absolute Gasteiger partial charge is 0.246 e. The average molecular weight is 314 g/mol. The molecule has 1 N–H and O–H groups in total. The molecule has 0 radical (unpaired) electrons. The van der Waals surface area contributed by atoms with Crippen LogP contribution in [0.25, 0.3) is 0 Å². The highest BCUT2D eigenvalue weighted by Gasteiger charge is 2.30. The second-order valence-electron chi connectivity index (χ2n) is 4.98. The molecule has 2 rings (SSSR count). The van der Waals surface area contributed by atoms with Crippen molar-refractivity contribution in [3.8, 4) is 5.75 Å². The number of aliphatic hydroxyl groups excluding tert-OH is 1. The fourth-order valence-corrected chi connectivity index (χ4v) is 4.01. The van der Waals surface area contributed by atoms with Gasteiger partial charge >= 0.3 is 0 Å². The molecule has 1 heterocycles. The number of piperazine rings is 1. The maximum Gasteiger partial charge on any atom is 0.246 e. The summed E-state index contributed by atoms with van der Waals surface area (Å²) in [6.07, 6.45) is 0. The molecule has 0 amide bonds. The molecule has 21 heavy (non-hydrogen) atoms. The lowest BCUT2D eigenvalue weighted by atomic mass is 10.2. The molecule has 1 saturated heterocycles. The quantitative estimate of drug-likeness (QED) is 0.858. The number of sulfonamides is 1. The highest BCUT2D eigenvalue weighted by Crippen LogP contribution is 2.28. The third-order valence-corrected chi connectivity index (χ3v) is 5.74. The summed E-state index contributed by atoms with van der Waals surface area (Å²) in [5, 5.41) is 9.14. The molecule has 0 aliphatic carbocycles. The van der Waals surface area contributed by atoms with Crippen molar-refractivity contribution in [2.75, 3.05) is 39.8 Å². The minimum absolute atomic E-state index is 0.147. The summed E-state index contributed by atoms with van der Waals surface area (Å²) in [4.78, 5) is 2.38. The van der Waals surface area contributed by atoms with Crippen LogP contribution in [0.15, 0.2) is 23.1 Å². The first-order chi connectivity index (χ1) is 10.0. The van der Waals surface area contributed by atoms with Gasteiger partial charge in [0.25, 0.3) is 0 Å². The molecule has 0 unspecified atom stereocenters. The monoisotopic (exact) mass is 314 g/mol. The summed E-state index contributed by atoms with van der Waals surface area (Å²) in [5.41, 5.74) is 0.626. The molecule has 6 nitrogen and oxygen atoms in total. The van der Waals surface area contributed by atoms with Crippen LogP contribution in [0.3, 0.4) is 0 Å².